The maximum absolute atomic E-state index is 10.4. The second-order valence-electron chi connectivity index (χ2n) is 2.98. The van der Waals surface area contributed by atoms with Crippen molar-refractivity contribution in [3.05, 3.63) is 54.4 Å². The van der Waals surface area contributed by atoms with Crippen LogP contribution in [0.5, 0.6) is 0 Å². The molecule has 0 aliphatic heterocycles. The van der Waals surface area contributed by atoms with Crippen LogP contribution in [0, 0.1) is 0 Å². The number of hydrogen-bond acceptors (Lipinski definition) is 3. The molecule has 0 aliphatic rings. The van der Waals surface area contributed by atoms with Gasteiger partial charge in [-0.2, -0.15) is 5.10 Å². The van der Waals surface area contributed by atoms with E-state index in [0.29, 0.717) is 6.47 Å². The quantitative estimate of drug-likeness (QED) is 0.707. The van der Waals surface area contributed by atoms with Gasteiger partial charge < -0.3 is 4.74 Å². The molecule has 4 nitrogen and oxygen atoms in total. The number of aromatic nitrogens is 2. The van der Waals surface area contributed by atoms with Crippen molar-refractivity contribution in [2.75, 3.05) is 0 Å². The molecule has 1 atom stereocenters. The van der Waals surface area contributed by atoms with E-state index in [1.165, 1.54) is 0 Å². The average Bonchev–Trinajstić information content (AvgIpc) is 2.80. The van der Waals surface area contributed by atoms with Crippen LogP contribution in [0.25, 0.3) is 0 Å². The number of rotatable bonds is 4. The molecule has 0 fully saturated rings. The van der Waals surface area contributed by atoms with Gasteiger partial charge in [-0.1, -0.05) is 30.3 Å². The average molecular weight is 202 g/mol. The molecule has 1 heterocycles. The Morgan fingerprint density at radius 3 is 2.67 bits per heavy atom. The lowest BCUT2D eigenvalue weighted by Crippen LogP contribution is -2.14. The molecule has 0 amide bonds. The molecule has 0 aliphatic carbocycles. The summed E-state index contributed by atoms with van der Waals surface area (Å²) in [6.45, 7) is 0.430. The molecule has 0 bridgehead atoms. The maximum Gasteiger partial charge on any atom is 0.295 e. The zero-order valence-corrected chi connectivity index (χ0v) is 7.98. The lowest BCUT2D eigenvalue weighted by atomic mass is 10.2. The van der Waals surface area contributed by atoms with E-state index in [9.17, 15) is 4.79 Å². The molecule has 1 aromatic carbocycles. The molecule has 0 radical (unpaired) electrons. The Morgan fingerprint density at radius 2 is 2.07 bits per heavy atom. The van der Waals surface area contributed by atoms with Crippen LogP contribution in [0.3, 0.4) is 0 Å². The van der Waals surface area contributed by atoms with E-state index in [-0.39, 0.29) is 0 Å². The third-order valence-corrected chi connectivity index (χ3v) is 2.03. The first-order valence-electron chi connectivity index (χ1n) is 4.55. The minimum absolute atomic E-state index is 0.430. The molecular formula is C11H10N2O2. The number of carbonyl (C=O) groups is 1. The van der Waals surface area contributed by atoms with Crippen molar-refractivity contribution >= 4 is 6.47 Å². The number of carbonyl (C=O) groups excluding carboxylic acids is 1. The van der Waals surface area contributed by atoms with Crippen LogP contribution in [0.4, 0.5) is 0 Å². The summed E-state index contributed by atoms with van der Waals surface area (Å²) in [5.41, 5.74) is 0.883. The zero-order chi connectivity index (χ0) is 10.5. The molecule has 76 valence electrons. The van der Waals surface area contributed by atoms with E-state index >= 15 is 0 Å². The van der Waals surface area contributed by atoms with Crippen LogP contribution in [-0.4, -0.2) is 16.3 Å². The van der Waals surface area contributed by atoms with Crippen molar-refractivity contribution in [2.24, 2.45) is 0 Å². The topological polar surface area (TPSA) is 44.1 Å². The molecule has 1 aromatic heterocycles. The maximum atomic E-state index is 10.4. The Balaban J connectivity index is 2.32. The fourth-order valence-corrected chi connectivity index (χ4v) is 1.38. The third-order valence-electron chi connectivity index (χ3n) is 2.03. The van der Waals surface area contributed by atoms with Gasteiger partial charge in [0.2, 0.25) is 6.23 Å². The van der Waals surface area contributed by atoms with E-state index < -0.39 is 6.23 Å². The van der Waals surface area contributed by atoms with E-state index in [1.807, 2.05) is 30.3 Å². The molecule has 2 rings (SSSR count). The first-order valence-corrected chi connectivity index (χ1v) is 4.55. The Labute approximate surface area is 87.1 Å². The Bertz CT molecular complexity index is 411. The third kappa shape index (κ3) is 2.04. The van der Waals surface area contributed by atoms with Crippen molar-refractivity contribution in [2.45, 2.75) is 6.23 Å². The highest BCUT2D eigenvalue weighted by atomic mass is 16.5. The summed E-state index contributed by atoms with van der Waals surface area (Å²) in [7, 11) is 0. The first-order chi connectivity index (χ1) is 7.42. The number of hydrogen-bond donors (Lipinski definition) is 0. The summed E-state index contributed by atoms with van der Waals surface area (Å²) in [5.74, 6) is 0. The van der Waals surface area contributed by atoms with E-state index in [4.69, 9.17) is 4.74 Å². The van der Waals surface area contributed by atoms with Crippen molar-refractivity contribution in [3.8, 4) is 0 Å². The molecular weight excluding hydrogens is 192 g/mol. The summed E-state index contributed by atoms with van der Waals surface area (Å²) in [4.78, 5) is 10.4. The van der Waals surface area contributed by atoms with Crippen LogP contribution in [0.2, 0.25) is 0 Å². The molecule has 0 saturated carbocycles. The molecule has 4 heteroatoms. The number of ether oxygens (including phenoxy) is 1. The van der Waals surface area contributed by atoms with Crippen molar-refractivity contribution < 1.29 is 9.53 Å². The van der Waals surface area contributed by atoms with Gasteiger partial charge in [0.1, 0.15) is 0 Å². The van der Waals surface area contributed by atoms with Gasteiger partial charge in [-0.05, 0) is 6.07 Å². The van der Waals surface area contributed by atoms with Crippen LogP contribution in [-0.2, 0) is 9.53 Å². The Kier molecular flexibility index (Phi) is 2.78. The second-order valence-corrected chi connectivity index (χ2v) is 2.98. The van der Waals surface area contributed by atoms with Gasteiger partial charge in [0.25, 0.3) is 6.47 Å². The highest BCUT2D eigenvalue weighted by molar-refractivity contribution is 5.38. The second kappa shape index (κ2) is 4.41. The normalized spacial score (nSPS) is 12.0. The van der Waals surface area contributed by atoms with E-state index in [0.717, 1.165) is 5.56 Å². The number of benzene rings is 1. The largest absolute Gasteiger partial charge is 0.437 e. The summed E-state index contributed by atoms with van der Waals surface area (Å²) in [5, 5.41) is 4.04. The molecule has 2 aromatic rings. The summed E-state index contributed by atoms with van der Waals surface area (Å²) in [6, 6.07) is 11.2. The highest BCUT2D eigenvalue weighted by Gasteiger charge is 2.13. The van der Waals surface area contributed by atoms with Gasteiger partial charge >= 0.3 is 0 Å². The summed E-state index contributed by atoms with van der Waals surface area (Å²) in [6.07, 6.45) is 2.91. The highest BCUT2D eigenvalue weighted by Crippen LogP contribution is 2.17. The molecule has 0 saturated heterocycles. The molecule has 15 heavy (non-hydrogen) atoms. The van der Waals surface area contributed by atoms with Gasteiger partial charge in [-0.3, -0.25) is 4.79 Å². The predicted molar refractivity (Wildman–Crippen MR) is 54.0 cm³/mol. The van der Waals surface area contributed by atoms with Crippen LogP contribution >= 0.6 is 0 Å². The fraction of sp³-hybridized carbons (Fsp3) is 0.0909. The van der Waals surface area contributed by atoms with Crippen LogP contribution in [0.15, 0.2) is 48.8 Å². The van der Waals surface area contributed by atoms with Crippen molar-refractivity contribution in [3.63, 3.8) is 0 Å². The van der Waals surface area contributed by atoms with E-state index in [2.05, 4.69) is 5.10 Å². The molecule has 0 N–H and O–H groups in total. The Hall–Kier alpha value is -2.10. The SMILES string of the molecule is O=COC(c1ccccc1)n1cccn1. The summed E-state index contributed by atoms with van der Waals surface area (Å²) >= 11 is 0. The van der Waals surface area contributed by atoms with Crippen LogP contribution in [0.1, 0.15) is 11.8 Å². The lowest BCUT2D eigenvalue weighted by Gasteiger charge is -2.15. The van der Waals surface area contributed by atoms with Gasteiger partial charge in [-0.25, -0.2) is 4.68 Å². The monoisotopic (exact) mass is 202 g/mol. The van der Waals surface area contributed by atoms with E-state index in [1.54, 1.807) is 23.1 Å². The minimum atomic E-state index is -0.487. The molecule has 0 spiro atoms. The van der Waals surface area contributed by atoms with Crippen molar-refractivity contribution in [1.82, 2.24) is 9.78 Å². The Morgan fingerprint density at radius 1 is 1.27 bits per heavy atom. The standard InChI is InChI=1S/C11H10N2O2/c14-9-15-11(13-8-4-7-12-13)10-5-2-1-3-6-10/h1-9,11H. The predicted octanol–water partition coefficient (Wildman–Crippen LogP) is 1.60. The van der Waals surface area contributed by atoms with Gasteiger partial charge in [0, 0.05) is 18.0 Å². The molecule has 1 unspecified atom stereocenters. The van der Waals surface area contributed by atoms with Gasteiger partial charge in [0.05, 0.1) is 0 Å². The smallest absolute Gasteiger partial charge is 0.295 e. The van der Waals surface area contributed by atoms with Gasteiger partial charge in [-0.15, -0.1) is 0 Å². The summed E-state index contributed by atoms with van der Waals surface area (Å²) < 4.78 is 6.58. The fourth-order valence-electron chi connectivity index (χ4n) is 1.38. The van der Waals surface area contributed by atoms with Crippen molar-refractivity contribution in [1.29, 1.82) is 0 Å². The van der Waals surface area contributed by atoms with Crippen LogP contribution < -0.4 is 0 Å². The first kappa shape index (κ1) is 9.45. The minimum Gasteiger partial charge on any atom is -0.437 e. The van der Waals surface area contributed by atoms with Gasteiger partial charge in [0.15, 0.2) is 0 Å². The lowest BCUT2D eigenvalue weighted by molar-refractivity contribution is -0.135. The zero-order valence-electron chi connectivity index (χ0n) is 7.98. The number of nitrogens with zero attached hydrogens (tertiary/aromatic N) is 2.